The van der Waals surface area contributed by atoms with E-state index in [0.717, 1.165) is 34.2 Å². The van der Waals surface area contributed by atoms with Gasteiger partial charge in [0.1, 0.15) is 11.4 Å². The fourth-order valence-electron chi connectivity index (χ4n) is 3.51. The van der Waals surface area contributed by atoms with Crippen LogP contribution in [0.5, 0.6) is 5.75 Å². The molecule has 2 aromatic carbocycles. The van der Waals surface area contributed by atoms with Crippen molar-refractivity contribution in [3.05, 3.63) is 64.1 Å². The fraction of sp³-hybridized carbons (Fsp3) is 0.400. The van der Waals surface area contributed by atoms with Gasteiger partial charge < -0.3 is 4.74 Å². The van der Waals surface area contributed by atoms with Crippen LogP contribution in [0.3, 0.4) is 0 Å². The maximum Gasteiger partial charge on any atom is 0.216 e. The monoisotopic (exact) mass is 437 g/mol. The molecule has 0 amide bonds. The maximum atomic E-state index is 12.8. The molecule has 26 heavy (non-hydrogen) atoms. The van der Waals surface area contributed by atoms with Crippen LogP contribution in [0.1, 0.15) is 50.3 Å². The molecule has 1 atom stereocenters. The van der Waals surface area contributed by atoms with Gasteiger partial charge in [-0.1, -0.05) is 60.1 Å². The minimum absolute atomic E-state index is 0.0444. The largest absolute Gasteiger partial charge is 0.487 e. The first-order valence-electron chi connectivity index (χ1n) is 8.89. The topological polar surface area (TPSA) is 55.4 Å². The van der Waals surface area contributed by atoms with E-state index in [9.17, 15) is 8.42 Å². The van der Waals surface area contributed by atoms with E-state index in [0.29, 0.717) is 6.42 Å². The van der Waals surface area contributed by atoms with Crippen molar-refractivity contribution in [2.45, 2.75) is 50.5 Å². The summed E-state index contributed by atoms with van der Waals surface area (Å²) in [6, 6.07) is 14.8. The second kappa shape index (κ2) is 7.71. The Balaban J connectivity index is 1.87. The van der Waals surface area contributed by atoms with Gasteiger partial charge in [-0.3, -0.25) is 0 Å². The van der Waals surface area contributed by atoms with Crippen molar-refractivity contribution < 1.29 is 13.2 Å². The number of sulfonamides is 1. The molecular weight excluding hydrogens is 414 g/mol. The smallest absolute Gasteiger partial charge is 0.216 e. The molecule has 1 aliphatic rings. The molecule has 0 bridgehead atoms. The van der Waals surface area contributed by atoms with E-state index in [4.69, 9.17) is 4.74 Å². The quantitative estimate of drug-likeness (QED) is 0.694. The lowest BCUT2D eigenvalue weighted by molar-refractivity contribution is 0.0260. The number of hydrogen-bond acceptors (Lipinski definition) is 3. The summed E-state index contributed by atoms with van der Waals surface area (Å²) in [6.45, 7) is 4.18. The van der Waals surface area contributed by atoms with Crippen LogP contribution < -0.4 is 9.46 Å². The molecular formula is C20H24BrNO3S. The summed E-state index contributed by atoms with van der Waals surface area (Å²) in [5.74, 6) is 0.731. The van der Waals surface area contributed by atoms with Crippen LogP contribution in [-0.4, -0.2) is 14.0 Å². The van der Waals surface area contributed by atoms with E-state index >= 15 is 0 Å². The first-order valence-corrected chi connectivity index (χ1v) is 11.3. The van der Waals surface area contributed by atoms with E-state index in [1.54, 1.807) is 0 Å². The van der Waals surface area contributed by atoms with Crippen LogP contribution in [0.4, 0.5) is 0 Å². The SMILES string of the molecule is CCC1(CC)C[C@@H](NS(=O)(=O)Cc2cccc(Br)c2)c2ccccc2O1. The molecule has 1 aliphatic heterocycles. The van der Waals surface area contributed by atoms with Crippen LogP contribution in [0.2, 0.25) is 0 Å². The van der Waals surface area contributed by atoms with Crippen LogP contribution in [0.25, 0.3) is 0 Å². The molecule has 0 saturated carbocycles. The zero-order valence-corrected chi connectivity index (χ0v) is 17.4. The van der Waals surface area contributed by atoms with Crippen molar-refractivity contribution in [1.82, 2.24) is 4.72 Å². The molecule has 4 nitrogen and oxygen atoms in total. The first kappa shape index (κ1) is 19.4. The summed E-state index contributed by atoms with van der Waals surface area (Å²) < 4.78 is 35.7. The number of para-hydroxylation sites is 1. The number of ether oxygens (including phenoxy) is 1. The Morgan fingerprint density at radius 1 is 1.15 bits per heavy atom. The predicted octanol–water partition coefficient (Wildman–Crippen LogP) is 4.95. The molecule has 0 aliphatic carbocycles. The zero-order chi connectivity index (χ0) is 18.8. The number of benzene rings is 2. The predicted molar refractivity (Wildman–Crippen MR) is 108 cm³/mol. The van der Waals surface area contributed by atoms with Gasteiger partial charge in [0.05, 0.1) is 11.8 Å². The summed E-state index contributed by atoms with van der Waals surface area (Å²) in [6.07, 6.45) is 2.30. The molecule has 0 unspecified atom stereocenters. The molecule has 0 fully saturated rings. The Kier molecular flexibility index (Phi) is 5.75. The second-order valence-electron chi connectivity index (χ2n) is 6.79. The van der Waals surface area contributed by atoms with Crippen molar-refractivity contribution in [1.29, 1.82) is 0 Å². The van der Waals surface area contributed by atoms with Crippen molar-refractivity contribution in [3.8, 4) is 5.75 Å². The van der Waals surface area contributed by atoms with Crippen LogP contribution in [0, 0.1) is 0 Å². The minimum atomic E-state index is -3.49. The third-order valence-corrected chi connectivity index (χ3v) is 6.90. The maximum absolute atomic E-state index is 12.8. The highest BCUT2D eigenvalue weighted by atomic mass is 79.9. The lowest BCUT2D eigenvalue weighted by Gasteiger charge is -2.41. The van der Waals surface area contributed by atoms with Gasteiger partial charge in [0.25, 0.3) is 0 Å². The summed E-state index contributed by atoms with van der Waals surface area (Å²) >= 11 is 3.39. The Morgan fingerprint density at radius 2 is 1.88 bits per heavy atom. The normalized spacial score (nSPS) is 18.8. The number of fused-ring (bicyclic) bond motifs is 1. The highest BCUT2D eigenvalue weighted by Gasteiger charge is 2.39. The highest BCUT2D eigenvalue weighted by Crippen LogP contribution is 2.42. The van der Waals surface area contributed by atoms with E-state index in [2.05, 4.69) is 34.5 Å². The van der Waals surface area contributed by atoms with E-state index < -0.39 is 10.0 Å². The summed E-state index contributed by atoms with van der Waals surface area (Å²) in [4.78, 5) is 0. The molecule has 1 N–H and O–H groups in total. The molecule has 2 aromatic rings. The Labute approximate surface area is 164 Å². The van der Waals surface area contributed by atoms with Gasteiger partial charge in [-0.2, -0.15) is 0 Å². The minimum Gasteiger partial charge on any atom is -0.487 e. The molecule has 3 rings (SSSR count). The molecule has 0 spiro atoms. The number of hydrogen-bond donors (Lipinski definition) is 1. The Morgan fingerprint density at radius 3 is 2.58 bits per heavy atom. The average molecular weight is 438 g/mol. The van der Waals surface area contributed by atoms with Gasteiger partial charge in [0.15, 0.2) is 0 Å². The molecule has 0 aromatic heterocycles. The number of halogens is 1. The van der Waals surface area contributed by atoms with Crippen molar-refractivity contribution in [2.75, 3.05) is 0 Å². The second-order valence-corrected chi connectivity index (χ2v) is 9.46. The summed E-state index contributed by atoms with van der Waals surface area (Å²) in [5.41, 5.74) is 1.32. The highest BCUT2D eigenvalue weighted by molar-refractivity contribution is 9.10. The first-order chi connectivity index (χ1) is 12.4. The van der Waals surface area contributed by atoms with Gasteiger partial charge in [-0.15, -0.1) is 0 Å². The Hall–Kier alpha value is -1.37. The van der Waals surface area contributed by atoms with Crippen LogP contribution in [-0.2, 0) is 15.8 Å². The van der Waals surface area contributed by atoms with Gasteiger partial charge in [-0.25, -0.2) is 13.1 Å². The third kappa shape index (κ3) is 4.30. The van der Waals surface area contributed by atoms with Crippen molar-refractivity contribution in [2.24, 2.45) is 0 Å². The lowest BCUT2D eigenvalue weighted by Crippen LogP contribution is -2.44. The standard InChI is InChI=1S/C20H24BrNO3S/c1-3-20(4-2)13-18(17-10-5-6-11-19(17)25-20)22-26(23,24)14-15-8-7-9-16(21)12-15/h5-12,18,22H,3-4,13-14H2,1-2H3/t18-/m1/s1. The van der Waals surface area contributed by atoms with Gasteiger partial charge in [0, 0.05) is 16.5 Å². The number of rotatable bonds is 6. The van der Waals surface area contributed by atoms with Crippen molar-refractivity contribution in [3.63, 3.8) is 0 Å². The third-order valence-electron chi connectivity index (χ3n) is 5.05. The molecule has 1 heterocycles. The molecule has 0 saturated heterocycles. The zero-order valence-electron chi connectivity index (χ0n) is 15.0. The van der Waals surface area contributed by atoms with Gasteiger partial charge in [-0.05, 0) is 36.6 Å². The van der Waals surface area contributed by atoms with Crippen molar-refractivity contribution >= 4 is 26.0 Å². The van der Waals surface area contributed by atoms with E-state index in [1.165, 1.54) is 0 Å². The number of nitrogens with one attached hydrogen (secondary N) is 1. The summed E-state index contributed by atoms with van der Waals surface area (Å²) in [5, 5.41) is 0. The molecule has 140 valence electrons. The van der Waals surface area contributed by atoms with Gasteiger partial charge >= 0.3 is 0 Å². The summed E-state index contributed by atoms with van der Waals surface area (Å²) in [7, 11) is -3.49. The molecule has 0 radical (unpaired) electrons. The van der Waals surface area contributed by atoms with Gasteiger partial charge in [0.2, 0.25) is 10.0 Å². The molecule has 6 heteroatoms. The van der Waals surface area contributed by atoms with E-state index in [-0.39, 0.29) is 17.4 Å². The fourth-order valence-corrected chi connectivity index (χ4v) is 5.30. The lowest BCUT2D eigenvalue weighted by atomic mass is 9.84. The van der Waals surface area contributed by atoms with Crippen LogP contribution >= 0.6 is 15.9 Å². The average Bonchev–Trinajstić information content (AvgIpc) is 2.60. The van der Waals surface area contributed by atoms with Crippen LogP contribution in [0.15, 0.2) is 53.0 Å². The van der Waals surface area contributed by atoms with E-state index in [1.807, 2.05) is 48.5 Å². The Bertz CT molecular complexity index is 878.